The maximum atomic E-state index is 7.57. The minimum atomic E-state index is 0. The first-order valence-corrected chi connectivity index (χ1v) is 4.09. The third-order valence-electron chi connectivity index (χ3n) is 0. The van der Waals surface area contributed by atoms with E-state index < -0.39 is 0 Å². The van der Waals surface area contributed by atoms with Gasteiger partial charge in [0, 0.05) is 44.0 Å². The van der Waals surface area contributed by atoms with Gasteiger partial charge in [-0.05, 0) is 27.7 Å². The Bertz CT molecular complexity index is 24.1. The molecule has 0 rings (SSSR count). The first-order valence-electron chi connectivity index (χ1n) is 4.09. The first kappa shape index (κ1) is 29.2. The molecule has 0 aromatic rings. The summed E-state index contributed by atoms with van der Waals surface area (Å²) >= 11 is 0. The van der Waals surface area contributed by atoms with Crippen molar-refractivity contribution in [3.05, 3.63) is 0 Å². The van der Waals surface area contributed by atoms with E-state index in [4.69, 9.17) is 20.4 Å². The zero-order valence-corrected chi connectivity index (χ0v) is 11.2. The topological polar surface area (TPSA) is 80.9 Å². The molecule has 0 aromatic carbocycles. The Kier molecular flexibility index (Phi) is 188. The Hall–Kier alpha value is 0.383. The molecule has 0 unspecified atom stereocenters. The molecule has 0 amide bonds. The molecule has 0 aliphatic carbocycles. The Labute approximate surface area is 92.6 Å². The summed E-state index contributed by atoms with van der Waals surface area (Å²) < 4.78 is 0. The van der Waals surface area contributed by atoms with Crippen molar-refractivity contribution in [1.29, 1.82) is 0 Å². The minimum absolute atomic E-state index is 0. The van der Waals surface area contributed by atoms with Crippen molar-refractivity contribution in [1.82, 2.24) is 0 Å². The molecule has 0 spiro atoms. The van der Waals surface area contributed by atoms with E-state index in [0.29, 0.717) is 0 Å². The van der Waals surface area contributed by atoms with Crippen molar-refractivity contribution in [3.63, 3.8) is 0 Å². The van der Waals surface area contributed by atoms with Gasteiger partial charge in [-0.1, -0.05) is 0 Å². The monoisotopic (exact) mass is 258 g/mol. The fourth-order valence-corrected chi connectivity index (χ4v) is 0. The van der Waals surface area contributed by atoms with Gasteiger partial charge in [-0.2, -0.15) is 0 Å². The second-order valence-corrected chi connectivity index (χ2v) is 1.26. The maximum Gasteiger partial charge on any atom is 0.0402 e. The van der Waals surface area contributed by atoms with Crippen LogP contribution in [0.2, 0.25) is 0 Å². The van der Waals surface area contributed by atoms with Gasteiger partial charge >= 0.3 is 0 Å². The van der Waals surface area contributed by atoms with Crippen molar-refractivity contribution < 1.29 is 20.4 Å². The van der Waals surface area contributed by atoms with Gasteiger partial charge < -0.3 is 20.4 Å². The summed E-state index contributed by atoms with van der Waals surface area (Å²) in [6.07, 6.45) is 0. The summed E-state index contributed by atoms with van der Waals surface area (Å²) in [7, 11) is 0. The largest absolute Gasteiger partial charge is 0.397 e. The van der Waals surface area contributed by atoms with Gasteiger partial charge in [0.1, 0.15) is 0 Å². The first-order chi connectivity index (χ1) is 5.66. The van der Waals surface area contributed by atoms with Crippen LogP contribution >= 0.6 is 0 Å². The number of hydrogen-bond donors (Lipinski definition) is 4. The molecule has 13 heavy (non-hydrogen) atoms. The van der Waals surface area contributed by atoms with Gasteiger partial charge in [0.2, 0.25) is 0 Å². The van der Waals surface area contributed by atoms with Crippen molar-refractivity contribution in [2.45, 2.75) is 27.7 Å². The molecular weight excluding hydrogens is 233 g/mol. The van der Waals surface area contributed by atoms with Crippen LogP contribution in [0.5, 0.6) is 0 Å². The van der Waals surface area contributed by atoms with E-state index in [-0.39, 0.29) is 44.0 Å². The molecule has 84 valence electrons. The third kappa shape index (κ3) is 9110. The van der Waals surface area contributed by atoms with Gasteiger partial charge in [-0.25, -0.2) is 0 Å². The molecule has 0 saturated carbocycles. The average Bonchev–Trinajstić information content (AvgIpc) is 1.92. The predicted molar refractivity (Wildman–Crippen MR) is 56.8 cm³/mol. The summed E-state index contributed by atoms with van der Waals surface area (Å²) in [5.74, 6) is 0. The van der Waals surface area contributed by atoms with Gasteiger partial charge in [-0.3, -0.25) is 0 Å². The van der Waals surface area contributed by atoms with Crippen molar-refractivity contribution in [2.24, 2.45) is 0 Å². The number of rotatable bonds is 0. The molecule has 0 aliphatic heterocycles. The van der Waals surface area contributed by atoms with Crippen molar-refractivity contribution in [2.75, 3.05) is 26.4 Å². The number of aliphatic hydroxyl groups excluding tert-OH is 4. The van der Waals surface area contributed by atoms with E-state index in [0.717, 1.165) is 0 Å². The van der Waals surface area contributed by atoms with Gasteiger partial charge in [0.15, 0.2) is 0 Å². The Morgan fingerprint density at radius 1 is 0.538 bits per heavy atom. The molecule has 0 atom stereocenters. The minimum Gasteiger partial charge on any atom is -0.397 e. The smallest absolute Gasteiger partial charge is 0.0402 e. The van der Waals surface area contributed by atoms with E-state index >= 15 is 0 Å². The number of hydrogen-bond acceptors (Lipinski definition) is 4. The molecule has 0 heterocycles. The second-order valence-electron chi connectivity index (χ2n) is 1.26. The molecule has 0 aliphatic rings. The van der Waals surface area contributed by atoms with Crippen LogP contribution in [0.25, 0.3) is 0 Å². The van der Waals surface area contributed by atoms with E-state index in [1.54, 1.807) is 27.7 Å². The summed E-state index contributed by atoms with van der Waals surface area (Å²) in [6, 6.07) is 0. The van der Waals surface area contributed by atoms with Crippen LogP contribution in [0.3, 0.4) is 0 Å². The zero-order valence-electron chi connectivity index (χ0n) is 9.12. The summed E-state index contributed by atoms with van der Waals surface area (Å²) in [5, 5.41) is 30.3. The van der Waals surface area contributed by atoms with Gasteiger partial charge in [0.05, 0.1) is 0 Å². The molecule has 0 fully saturated rings. The SMILES string of the molecule is CCO.CCO.CCO.CCO.[Ge]. The van der Waals surface area contributed by atoms with Crippen molar-refractivity contribution in [3.8, 4) is 0 Å². The van der Waals surface area contributed by atoms with Crippen molar-refractivity contribution >= 4 is 17.6 Å². The molecule has 4 N–H and O–H groups in total. The predicted octanol–water partition coefficient (Wildman–Crippen LogP) is -0.386. The summed E-state index contributed by atoms with van der Waals surface area (Å²) in [5.41, 5.74) is 0. The third-order valence-corrected chi connectivity index (χ3v) is 0. The molecular formula is C8H24GeO4. The van der Waals surface area contributed by atoms with Crippen LogP contribution in [-0.2, 0) is 0 Å². The summed E-state index contributed by atoms with van der Waals surface area (Å²) in [6.45, 7) is 7.72. The molecule has 4 radical (unpaired) electrons. The van der Waals surface area contributed by atoms with Crippen LogP contribution in [0.1, 0.15) is 27.7 Å². The fraction of sp³-hybridized carbons (Fsp3) is 1.00. The molecule has 0 bridgehead atoms. The van der Waals surface area contributed by atoms with E-state index in [1.165, 1.54) is 0 Å². The molecule has 0 aromatic heterocycles. The average molecular weight is 257 g/mol. The molecule has 5 heteroatoms. The van der Waals surface area contributed by atoms with E-state index in [2.05, 4.69) is 0 Å². The van der Waals surface area contributed by atoms with Crippen LogP contribution in [0.15, 0.2) is 0 Å². The van der Waals surface area contributed by atoms with Crippen LogP contribution in [0.4, 0.5) is 0 Å². The zero-order chi connectivity index (χ0) is 10.8. The fourth-order valence-electron chi connectivity index (χ4n) is 0. The standard InChI is InChI=1S/4C2H6O.Ge/c4*1-2-3;/h4*3H,2H2,1H3;. The summed E-state index contributed by atoms with van der Waals surface area (Å²) in [4.78, 5) is 0. The van der Waals surface area contributed by atoms with E-state index in [9.17, 15) is 0 Å². The van der Waals surface area contributed by atoms with E-state index in [1.807, 2.05) is 0 Å². The Morgan fingerprint density at radius 2 is 0.538 bits per heavy atom. The molecule has 0 saturated heterocycles. The van der Waals surface area contributed by atoms with Gasteiger partial charge in [0.25, 0.3) is 0 Å². The van der Waals surface area contributed by atoms with Crippen LogP contribution in [0, 0.1) is 0 Å². The van der Waals surface area contributed by atoms with Gasteiger partial charge in [-0.15, -0.1) is 0 Å². The molecule has 4 nitrogen and oxygen atoms in total. The second kappa shape index (κ2) is 83.5. The number of aliphatic hydroxyl groups is 4. The van der Waals surface area contributed by atoms with Crippen LogP contribution < -0.4 is 0 Å². The quantitative estimate of drug-likeness (QED) is 0.445. The van der Waals surface area contributed by atoms with Crippen LogP contribution in [-0.4, -0.2) is 64.5 Å². The normalized spacial score (nSPS) is 5.54. The Balaban J connectivity index is -0.0000000213. The Morgan fingerprint density at radius 3 is 0.538 bits per heavy atom. The maximum absolute atomic E-state index is 7.57.